The molecule has 0 aliphatic heterocycles. The maximum Gasteiger partial charge on any atom is 1.00 e. The molecule has 0 radical (unpaired) electrons. The van der Waals surface area contributed by atoms with Crippen LogP contribution < -0.4 is 119 Å². The van der Waals surface area contributed by atoms with Crippen molar-refractivity contribution in [3.63, 3.8) is 0 Å². The summed E-state index contributed by atoms with van der Waals surface area (Å²) < 4.78 is 35.2. The van der Waals surface area contributed by atoms with Gasteiger partial charge >= 0.3 is 103 Å². The third-order valence-corrected chi connectivity index (χ3v) is 3.85. The first-order chi connectivity index (χ1) is 16.8. The van der Waals surface area contributed by atoms with Crippen molar-refractivity contribution in [2.45, 2.75) is 13.1 Å². The molecule has 3 N–H and O–H groups in total. The van der Waals surface area contributed by atoms with E-state index in [0.29, 0.717) is 18.8 Å². The Hall–Kier alpha value is -0.0873. The smallest absolute Gasteiger partial charge is 1.00 e. The molecule has 4 heterocycles. The van der Waals surface area contributed by atoms with Gasteiger partial charge in [-0.1, -0.05) is 11.6 Å². The number of carbonyl (C=O) groups excluding carboxylic acids is 1. The summed E-state index contributed by atoms with van der Waals surface area (Å²) in [5.74, 6) is 0.363. The second-order valence-corrected chi connectivity index (χ2v) is 6.56. The maximum atomic E-state index is 13.1. The number of aromatic nitrogens is 4. The third-order valence-electron chi connectivity index (χ3n) is 3.22. The van der Waals surface area contributed by atoms with E-state index in [-0.39, 0.29) is 132 Å². The van der Waals surface area contributed by atoms with Gasteiger partial charge in [0.05, 0.1) is 38.0 Å². The van der Waals surface area contributed by atoms with Gasteiger partial charge in [0, 0.05) is 0 Å². The van der Waals surface area contributed by atoms with Gasteiger partial charge in [0.15, 0.2) is 22.6 Å². The second kappa shape index (κ2) is 23.8. The Bertz CT molecular complexity index is 1140. The Kier molecular flexibility index (Phi) is 25.1. The average molecular weight is 632 g/mol. The maximum absolute atomic E-state index is 13.1. The van der Waals surface area contributed by atoms with Crippen molar-refractivity contribution < 1.29 is 137 Å². The molecule has 0 aliphatic rings. The number of nitrogens with two attached hydrogens (primary N) is 1. The summed E-state index contributed by atoms with van der Waals surface area (Å²) in [7, 11) is 0. The van der Waals surface area contributed by atoms with E-state index >= 15 is 0 Å². The Morgan fingerprint density at radius 1 is 1.00 bits per heavy atom. The minimum atomic E-state index is -0.666. The number of hydrogen-bond donors (Lipinski definition) is 2. The molecule has 190 valence electrons. The summed E-state index contributed by atoms with van der Waals surface area (Å²) in [6.07, 6.45) is 5.08. The molecule has 18 heteroatoms. The van der Waals surface area contributed by atoms with Crippen LogP contribution in [-0.2, 0) is 22.8 Å². The van der Waals surface area contributed by atoms with Crippen molar-refractivity contribution in [2.24, 2.45) is 5.73 Å². The van der Waals surface area contributed by atoms with Gasteiger partial charge in [-0.2, -0.15) is 4.98 Å². The zero-order chi connectivity index (χ0) is 26.1. The molecule has 37 heavy (non-hydrogen) atoms. The zero-order valence-electron chi connectivity index (χ0n) is 20.4. The van der Waals surface area contributed by atoms with E-state index in [1.165, 1.54) is 0 Å². The molecule has 0 unspecified atom stereocenters. The standard InChI is InChI=1S/C9H7ClFN3O.C5H7NO.C4HCl2FN2.CH2O3.2K.H/c10-9-13-5-7(11)8(14-9)12-4-6-2-1-3-15-6;6-4-5-2-1-3-7-5;5-3-2(7)1-8-4(6)9-3;2-1-4-3;;;/h1-3,5H,4H2,(H,12,13,14);1-3H,4,6H2;1H;1,3H;;;/q;;;;2*+1;-1/p-1. The second-order valence-electron chi connectivity index (χ2n) is 5.52. The van der Waals surface area contributed by atoms with Crippen LogP contribution in [0, 0.1) is 11.6 Å². The molecular formula is C19H17Cl3F2K2N6O5. The van der Waals surface area contributed by atoms with Crippen molar-refractivity contribution in [2.75, 3.05) is 5.32 Å². The normalized spacial score (nSPS) is 8.84. The summed E-state index contributed by atoms with van der Waals surface area (Å²) in [6.45, 7) is 0.657. The molecule has 0 fully saturated rings. The average Bonchev–Trinajstić information content (AvgIpc) is 3.57. The summed E-state index contributed by atoms with van der Waals surface area (Å²) in [4.78, 5) is 25.1. The number of nitrogens with zero attached hydrogens (tertiary/aromatic N) is 4. The molecule has 0 spiro atoms. The first kappa shape index (κ1) is 39.1. The summed E-state index contributed by atoms with van der Waals surface area (Å²) >= 11 is 16.0. The molecule has 0 amide bonds. The van der Waals surface area contributed by atoms with E-state index in [1.807, 2.05) is 12.1 Å². The van der Waals surface area contributed by atoms with Crippen LogP contribution in [0.2, 0.25) is 15.7 Å². The van der Waals surface area contributed by atoms with Crippen LogP contribution >= 0.6 is 34.8 Å². The van der Waals surface area contributed by atoms with Gasteiger partial charge in [-0.05, 0) is 47.5 Å². The van der Waals surface area contributed by atoms with E-state index in [4.69, 9.17) is 59.4 Å². The Labute approximate surface area is 311 Å². The Morgan fingerprint density at radius 2 is 1.51 bits per heavy atom. The largest absolute Gasteiger partial charge is 1.00 e. The first-order valence-electron chi connectivity index (χ1n) is 9.03. The quantitative estimate of drug-likeness (QED) is 0.0607. The summed E-state index contributed by atoms with van der Waals surface area (Å²) in [5, 5.41) is 10.9. The number of nitrogens with one attached hydrogen (secondary N) is 1. The molecular weight excluding hydrogens is 615 g/mol. The molecule has 0 aliphatic carbocycles. The van der Waals surface area contributed by atoms with Gasteiger partial charge in [-0.25, -0.2) is 23.7 Å². The Morgan fingerprint density at radius 3 is 1.92 bits per heavy atom. The van der Waals surface area contributed by atoms with Gasteiger partial charge in [0.1, 0.15) is 11.5 Å². The van der Waals surface area contributed by atoms with Gasteiger partial charge in [0.25, 0.3) is 6.47 Å². The number of furan rings is 2. The molecule has 0 bridgehead atoms. The third kappa shape index (κ3) is 18.0. The van der Waals surface area contributed by atoms with E-state index in [2.05, 4.69) is 30.1 Å². The van der Waals surface area contributed by atoms with Crippen LogP contribution in [0.25, 0.3) is 0 Å². The number of carbonyl (C=O) groups is 1. The summed E-state index contributed by atoms with van der Waals surface area (Å²) in [6, 6.07) is 7.19. The van der Waals surface area contributed by atoms with E-state index in [9.17, 15) is 8.78 Å². The van der Waals surface area contributed by atoms with Crippen molar-refractivity contribution in [3.8, 4) is 0 Å². The minimum absolute atomic E-state index is 0. The van der Waals surface area contributed by atoms with E-state index in [0.717, 1.165) is 18.2 Å². The predicted molar refractivity (Wildman–Crippen MR) is 120 cm³/mol. The molecule has 4 aromatic rings. The SMILES string of the molecule is Fc1cnc(Cl)nc1Cl.Fc1cnc(Cl)nc1NCc1ccco1.NCc1ccco1.O=CO[O-].[H-].[K+].[K+]. The fourth-order valence-electron chi connectivity index (χ4n) is 1.81. The molecule has 11 nitrogen and oxygen atoms in total. The molecule has 0 atom stereocenters. The minimum Gasteiger partial charge on any atom is -1.00 e. The van der Waals surface area contributed by atoms with Crippen molar-refractivity contribution in [1.29, 1.82) is 0 Å². The monoisotopic (exact) mass is 630 g/mol. The fraction of sp³-hybridized carbons (Fsp3) is 0.105. The van der Waals surface area contributed by atoms with E-state index in [1.54, 1.807) is 24.7 Å². The molecule has 0 saturated heterocycles. The van der Waals surface area contributed by atoms with Gasteiger partial charge in [-0.3, -0.25) is 4.79 Å². The number of rotatable bonds is 5. The zero-order valence-corrected chi connectivity index (χ0v) is 27.9. The van der Waals surface area contributed by atoms with Crippen molar-refractivity contribution in [3.05, 3.63) is 88.1 Å². The topological polar surface area (TPSA) is 165 Å². The summed E-state index contributed by atoms with van der Waals surface area (Å²) in [5.41, 5.74) is 5.20. The first-order valence-corrected chi connectivity index (χ1v) is 10.2. The fourth-order valence-corrected chi connectivity index (χ4v) is 2.25. The van der Waals surface area contributed by atoms with Crippen molar-refractivity contribution in [1.82, 2.24) is 19.9 Å². The van der Waals surface area contributed by atoms with Gasteiger partial charge in [-0.15, -0.1) is 0 Å². The van der Waals surface area contributed by atoms with Gasteiger partial charge < -0.3 is 31.5 Å². The van der Waals surface area contributed by atoms with Crippen LogP contribution in [-0.4, -0.2) is 26.4 Å². The van der Waals surface area contributed by atoms with Crippen LogP contribution in [0.4, 0.5) is 14.6 Å². The molecule has 4 aromatic heterocycles. The number of hydrogen-bond acceptors (Lipinski definition) is 11. The van der Waals surface area contributed by atoms with E-state index < -0.39 is 11.6 Å². The number of anilines is 1. The van der Waals surface area contributed by atoms with Crippen LogP contribution in [0.5, 0.6) is 0 Å². The molecule has 0 saturated carbocycles. The molecule has 0 aromatic carbocycles. The predicted octanol–water partition coefficient (Wildman–Crippen LogP) is -2.31. The van der Waals surface area contributed by atoms with Crippen molar-refractivity contribution >= 4 is 47.1 Å². The Balaban J connectivity index is -0.000000462. The number of halogens is 5. The van der Waals surface area contributed by atoms with Crippen LogP contribution in [0.1, 0.15) is 12.9 Å². The van der Waals surface area contributed by atoms with Gasteiger partial charge in [0.2, 0.25) is 10.6 Å². The molecule has 4 rings (SSSR count). The van der Waals surface area contributed by atoms with Crippen LogP contribution in [0.3, 0.4) is 0 Å². The van der Waals surface area contributed by atoms with Crippen LogP contribution in [0.15, 0.2) is 58.0 Å².